The van der Waals surface area contributed by atoms with Gasteiger partial charge < -0.3 is 57.8 Å². The third-order valence-electron chi connectivity index (χ3n) is 12.9. The molecule has 75 heavy (non-hydrogen) atoms. The zero-order chi connectivity index (χ0) is 56.0. The average Bonchev–Trinajstić information content (AvgIpc) is 3.27. The van der Waals surface area contributed by atoms with Gasteiger partial charge in [-0.1, -0.05) is 62.3 Å². The Hall–Kier alpha value is -5.25. The van der Waals surface area contributed by atoms with E-state index in [1.54, 1.807) is 0 Å². The summed E-state index contributed by atoms with van der Waals surface area (Å²) in [6.07, 6.45) is 5.45. The van der Waals surface area contributed by atoms with E-state index in [4.69, 9.17) is 28.4 Å². The summed E-state index contributed by atoms with van der Waals surface area (Å²) in [6, 6.07) is 12.0. The molecule has 1 heterocycles. The van der Waals surface area contributed by atoms with Gasteiger partial charge >= 0.3 is 0 Å². The fourth-order valence-electron chi connectivity index (χ4n) is 8.26. The van der Waals surface area contributed by atoms with Crippen LogP contribution in [0.4, 0.5) is 0 Å². The van der Waals surface area contributed by atoms with Gasteiger partial charge in [-0.15, -0.1) is 0 Å². The molecule has 0 aliphatic carbocycles. The molecule has 15 heteroatoms. The highest BCUT2D eigenvalue weighted by Gasteiger charge is 2.28. The first-order valence-corrected chi connectivity index (χ1v) is 27.2. The molecule has 0 radical (unpaired) electrons. The van der Waals surface area contributed by atoms with Crippen LogP contribution >= 0.6 is 0 Å². The Labute approximate surface area is 452 Å². The molecule has 0 spiro atoms. The van der Waals surface area contributed by atoms with Crippen LogP contribution < -0.4 is 44.4 Å². The summed E-state index contributed by atoms with van der Waals surface area (Å²) in [5.41, 5.74) is 3.79. The van der Waals surface area contributed by atoms with Crippen LogP contribution in [-0.4, -0.2) is 154 Å². The zero-order valence-corrected chi connectivity index (χ0v) is 49.7. The van der Waals surface area contributed by atoms with E-state index in [2.05, 4.69) is 142 Å². The second-order valence-corrected chi connectivity index (χ2v) is 26.6. The van der Waals surface area contributed by atoms with Crippen LogP contribution in [0.25, 0.3) is 0 Å². The summed E-state index contributed by atoms with van der Waals surface area (Å²) >= 11 is 0. The van der Waals surface area contributed by atoms with Crippen molar-refractivity contribution in [2.45, 2.75) is 137 Å². The third kappa shape index (κ3) is 22.1. The number of amides is 3. The van der Waals surface area contributed by atoms with Gasteiger partial charge in [-0.3, -0.25) is 14.4 Å². The number of carbonyl (C=O) groups is 3. The predicted octanol–water partition coefficient (Wildman–Crippen LogP) is 8.57. The van der Waals surface area contributed by atoms with E-state index in [9.17, 15) is 14.4 Å². The molecule has 6 bridgehead atoms. The molecule has 0 unspecified atom stereocenters. The smallest absolute Gasteiger partial charge is 0.257 e. The number of rotatable bonds is 24. The standard InChI is InChI=1S/C60H96N6O9/c1-58(2,3)46-31-43-37-71-50-35-48(60(7,8)9)33-45(57(50)75-42-54(69)63-27-21-24-30-66(16,17)18)39-72-51-36-47(59(4,5)6)32-44(56(51)74-41-53(68)62-26-20-23-29-65(13,14)15)38-70-49(34-46)55(43)73-40-52(67)61-25-19-22-28-64(10,11)12/h31-36H,19-30,37-42H2,1-18H3/p+3. The largest absolute Gasteiger partial charge is 0.485 e. The van der Waals surface area contributed by atoms with Crippen LogP contribution in [0.1, 0.15) is 134 Å². The van der Waals surface area contributed by atoms with Gasteiger partial charge in [-0.05, 0) is 108 Å². The van der Waals surface area contributed by atoms with Crippen LogP contribution in [-0.2, 0) is 50.4 Å². The summed E-state index contributed by atoms with van der Waals surface area (Å²) in [4.78, 5) is 40.6. The molecule has 4 rings (SSSR count). The molecular weight excluding hydrogens is 949 g/mol. The SMILES string of the molecule is CC(C)(C)c1cc2c(OCC(=O)NCCCC[N+](C)(C)C)c(c1)OCc1cc(C(C)(C)C)cc(c1OCC(=O)NCCCC[N+](C)(C)C)OCc1cc(C(C)(C)C)cc(c1OCC(=O)NCCCC[N+](C)(C)C)OC2. The van der Waals surface area contributed by atoms with E-state index in [0.717, 1.165) is 88.3 Å². The molecule has 3 aromatic rings. The molecule has 0 aromatic heterocycles. The van der Waals surface area contributed by atoms with Crippen molar-refractivity contribution in [3.8, 4) is 34.5 Å². The van der Waals surface area contributed by atoms with Crippen molar-refractivity contribution in [1.29, 1.82) is 0 Å². The molecular formula is C60H99N6O9+3. The van der Waals surface area contributed by atoms with Crippen molar-refractivity contribution >= 4 is 17.7 Å². The maximum Gasteiger partial charge on any atom is 0.257 e. The number of carbonyl (C=O) groups excluding carboxylic acids is 3. The summed E-state index contributed by atoms with van der Waals surface area (Å²) in [5, 5.41) is 9.13. The van der Waals surface area contributed by atoms with Crippen LogP contribution in [0, 0.1) is 0 Å². The molecule has 1 aliphatic heterocycles. The first-order chi connectivity index (χ1) is 34.7. The van der Waals surface area contributed by atoms with Gasteiger partial charge in [0.1, 0.15) is 19.8 Å². The van der Waals surface area contributed by atoms with Gasteiger partial charge in [0, 0.05) is 36.3 Å². The molecule has 3 N–H and O–H groups in total. The number of nitrogens with zero attached hydrogens (tertiary/aromatic N) is 3. The maximum absolute atomic E-state index is 13.5. The van der Waals surface area contributed by atoms with Crippen molar-refractivity contribution in [2.24, 2.45) is 0 Å². The Balaban J connectivity index is 1.89. The minimum atomic E-state index is -0.342. The zero-order valence-electron chi connectivity index (χ0n) is 49.7. The molecule has 15 nitrogen and oxygen atoms in total. The quantitative estimate of drug-likeness (QED) is 0.0595. The molecule has 0 saturated heterocycles. The molecule has 3 aromatic carbocycles. The fourth-order valence-corrected chi connectivity index (χ4v) is 8.26. The Bertz CT molecular complexity index is 2020. The van der Waals surface area contributed by atoms with Crippen LogP contribution in [0.3, 0.4) is 0 Å². The molecule has 0 fully saturated rings. The molecule has 1 aliphatic rings. The number of fused-ring (bicyclic) bond motifs is 6. The lowest BCUT2D eigenvalue weighted by Crippen LogP contribution is -2.36. The summed E-state index contributed by atoms with van der Waals surface area (Å²) in [6.45, 7) is 23.0. The van der Waals surface area contributed by atoms with E-state index in [1.165, 1.54) is 0 Å². The first kappa shape index (κ1) is 62.3. The van der Waals surface area contributed by atoms with E-state index in [1.807, 2.05) is 36.4 Å². The van der Waals surface area contributed by atoms with Crippen LogP contribution in [0.2, 0.25) is 0 Å². The Morgan fingerprint density at radius 3 is 0.867 bits per heavy atom. The topological polar surface area (TPSA) is 143 Å². The predicted molar refractivity (Wildman–Crippen MR) is 300 cm³/mol. The Kier molecular flexibility index (Phi) is 22.2. The van der Waals surface area contributed by atoms with E-state index < -0.39 is 0 Å². The van der Waals surface area contributed by atoms with Gasteiger partial charge in [-0.25, -0.2) is 0 Å². The number of quaternary nitrogens is 3. The molecule has 0 atom stereocenters. The second kappa shape index (κ2) is 26.7. The van der Waals surface area contributed by atoms with Gasteiger partial charge in [-0.2, -0.15) is 0 Å². The van der Waals surface area contributed by atoms with E-state index in [0.29, 0.717) is 70.8 Å². The van der Waals surface area contributed by atoms with Gasteiger partial charge in [0.15, 0.2) is 54.3 Å². The highest BCUT2D eigenvalue weighted by Crippen LogP contribution is 2.44. The van der Waals surface area contributed by atoms with Crippen LogP contribution in [0.5, 0.6) is 34.5 Å². The van der Waals surface area contributed by atoms with Crippen molar-refractivity contribution in [3.63, 3.8) is 0 Å². The van der Waals surface area contributed by atoms with Crippen molar-refractivity contribution in [1.82, 2.24) is 16.0 Å². The van der Waals surface area contributed by atoms with Gasteiger partial charge in [0.05, 0.1) is 83.1 Å². The fraction of sp³-hybridized carbons (Fsp3) is 0.650. The molecule has 3 amide bonds. The van der Waals surface area contributed by atoms with Crippen molar-refractivity contribution < 1.29 is 56.3 Å². The molecule has 0 saturated carbocycles. The number of hydrogen-bond donors (Lipinski definition) is 3. The lowest BCUT2D eigenvalue weighted by Gasteiger charge is -2.26. The number of benzene rings is 3. The summed E-state index contributed by atoms with van der Waals surface area (Å²) < 4.78 is 42.9. The summed E-state index contributed by atoms with van der Waals surface area (Å²) in [5.74, 6) is 1.53. The van der Waals surface area contributed by atoms with Crippen LogP contribution in [0.15, 0.2) is 36.4 Å². The maximum atomic E-state index is 13.5. The second-order valence-electron chi connectivity index (χ2n) is 26.6. The van der Waals surface area contributed by atoms with Crippen molar-refractivity contribution in [2.75, 3.05) is 123 Å². The summed E-state index contributed by atoms with van der Waals surface area (Å²) in [7, 11) is 19.4. The monoisotopic (exact) mass is 1050 g/mol. The normalized spacial score (nSPS) is 13.5. The third-order valence-corrected chi connectivity index (χ3v) is 12.9. The number of hydrogen-bond acceptors (Lipinski definition) is 9. The average molecular weight is 1050 g/mol. The number of ether oxygens (including phenoxy) is 6. The van der Waals surface area contributed by atoms with Gasteiger partial charge in [0.25, 0.3) is 17.7 Å². The Morgan fingerprint density at radius 2 is 0.653 bits per heavy atom. The van der Waals surface area contributed by atoms with Crippen molar-refractivity contribution in [3.05, 3.63) is 69.8 Å². The van der Waals surface area contributed by atoms with E-state index >= 15 is 0 Å². The Morgan fingerprint density at radius 1 is 0.413 bits per heavy atom. The number of unbranched alkanes of at least 4 members (excludes halogenated alkanes) is 3. The van der Waals surface area contributed by atoms with E-state index in [-0.39, 0.29) is 73.6 Å². The minimum absolute atomic E-state index is 0.00571. The lowest BCUT2D eigenvalue weighted by atomic mass is 9.85. The minimum Gasteiger partial charge on any atom is -0.485 e. The number of nitrogens with one attached hydrogen (secondary N) is 3. The highest BCUT2D eigenvalue weighted by atomic mass is 16.5. The highest BCUT2D eigenvalue weighted by molar-refractivity contribution is 5.78. The molecule has 420 valence electrons. The first-order valence-electron chi connectivity index (χ1n) is 27.2. The lowest BCUT2D eigenvalue weighted by molar-refractivity contribution is -0.870. The van der Waals surface area contributed by atoms with Gasteiger partial charge in [0.2, 0.25) is 0 Å².